The molecule has 0 radical (unpaired) electrons. The third-order valence-electron chi connectivity index (χ3n) is 13.6. The van der Waals surface area contributed by atoms with E-state index in [1.54, 1.807) is 18.2 Å². The standard InChI is InChI=1S/C57H72N14O7S/c1-3-4-18-41(58)50(60)78-32-57(2)30-48(72)66-47(28-38-31-63-33-65-38)54(77)68-44(24-22-34-13-6-5-7-14-34)52(75)67-43(20-12-25-64-56(61)62)51(74)70-46(27-35-21-23-36-15-8-9-16-37(36)26-35)53(76)69-45(49(59)73)29-40-39-17-10-11-19-42(39)71-55(40)79-57/h5-11,13-17,19,21-24,26,31,33,41,43-47,50,71H,3-4,12,18,20,25,27-30,32,58,60H2,1-2H3,(H2,59,73)(H,63,65)(H,66,72)(H,67,75)(H,68,77)(H,69,76)(H,70,74)(H4,61,62,64)/b24-22+/t41-,43-,44?,45+,46-,47-,50?,57?/m0/s1. The molecule has 2 aromatic heterocycles. The minimum absolute atomic E-state index is 0.0246. The Labute approximate surface area is 462 Å². The first-order valence-corrected chi connectivity index (χ1v) is 27.2. The molecule has 1 aliphatic heterocycles. The Bertz CT molecular complexity index is 3110. The van der Waals surface area contributed by atoms with Crippen LogP contribution in [0.1, 0.15) is 74.8 Å². The van der Waals surface area contributed by atoms with E-state index in [0.29, 0.717) is 44.7 Å². The van der Waals surface area contributed by atoms with Crippen LogP contribution in [-0.2, 0) is 52.8 Å². The van der Waals surface area contributed by atoms with Crippen molar-refractivity contribution in [1.29, 1.82) is 0 Å². The number of nitrogens with zero attached hydrogens (tertiary/aromatic N) is 2. The Hall–Kier alpha value is -8.05. The minimum atomic E-state index is -1.43. The van der Waals surface area contributed by atoms with Gasteiger partial charge in [0, 0.05) is 61.1 Å². The maximum atomic E-state index is 14.9. The Kier molecular flexibility index (Phi) is 20.8. The number of para-hydroxylation sites is 1. The number of rotatable bonds is 18. The summed E-state index contributed by atoms with van der Waals surface area (Å²) in [5.41, 5.74) is 33.6. The SMILES string of the molecule is CCCC[C@H](N)C(N)OCC1(C)CC(=O)N[C@@H](Cc2cnc[nH]2)C(=O)NC(/C=C/c2ccccc2)C(=O)N[C@@H](CCCN=C(N)N)C(=O)N[C@@H](Cc2ccc3ccccc3c2)C(=O)N[C@@H](C(N)=O)Cc2c([nH]c3ccccc23)S1. The molecule has 6 amide bonds. The normalized spacial score (nSPS) is 21.9. The zero-order chi connectivity index (χ0) is 56.5. The highest BCUT2D eigenvalue weighted by Crippen LogP contribution is 2.41. The van der Waals surface area contributed by atoms with E-state index in [1.165, 1.54) is 30.4 Å². The van der Waals surface area contributed by atoms with Crippen LogP contribution in [0, 0.1) is 0 Å². The van der Waals surface area contributed by atoms with Crippen LogP contribution in [0.5, 0.6) is 0 Å². The lowest BCUT2D eigenvalue weighted by atomic mass is 9.99. The van der Waals surface area contributed by atoms with Gasteiger partial charge >= 0.3 is 0 Å². The molecule has 0 saturated carbocycles. The summed E-state index contributed by atoms with van der Waals surface area (Å²) >= 11 is 1.25. The number of guanidine groups is 1. The highest BCUT2D eigenvalue weighted by atomic mass is 32.2. The van der Waals surface area contributed by atoms with E-state index in [1.807, 2.05) is 98.8 Å². The summed E-state index contributed by atoms with van der Waals surface area (Å²) in [5, 5.41) is 17.4. The van der Waals surface area contributed by atoms with Crippen LogP contribution in [0.25, 0.3) is 27.8 Å². The van der Waals surface area contributed by atoms with E-state index in [9.17, 15) is 28.8 Å². The monoisotopic (exact) mass is 1100 g/mol. The number of primary amides is 1. The molecule has 79 heavy (non-hydrogen) atoms. The number of aromatic amines is 2. The van der Waals surface area contributed by atoms with E-state index >= 15 is 0 Å². The third kappa shape index (κ3) is 17.0. The lowest BCUT2D eigenvalue weighted by Crippen LogP contribution is -2.59. The van der Waals surface area contributed by atoms with Crippen molar-refractivity contribution in [3.8, 4) is 0 Å². The number of carbonyl (C=O) groups excluding carboxylic acids is 6. The van der Waals surface area contributed by atoms with Crippen LogP contribution in [0.15, 0.2) is 126 Å². The van der Waals surface area contributed by atoms with Crippen molar-refractivity contribution in [1.82, 2.24) is 41.5 Å². The number of H-pyrrole nitrogens is 2. The fraction of sp³-hybridized carbons (Fsp3) is 0.368. The van der Waals surface area contributed by atoms with Gasteiger partial charge in [0.25, 0.3) is 0 Å². The van der Waals surface area contributed by atoms with E-state index < -0.39 is 82.7 Å². The predicted octanol–water partition coefficient (Wildman–Crippen LogP) is 2.82. The van der Waals surface area contributed by atoms with Crippen molar-refractivity contribution < 1.29 is 33.5 Å². The van der Waals surface area contributed by atoms with Crippen molar-refractivity contribution in [2.45, 2.75) is 124 Å². The number of benzene rings is 4. The number of amides is 6. The second-order valence-electron chi connectivity index (χ2n) is 20.1. The molecule has 3 unspecified atom stereocenters. The number of ether oxygens (including phenoxy) is 1. The summed E-state index contributed by atoms with van der Waals surface area (Å²) in [5.74, 6) is -4.64. The quantitative estimate of drug-likeness (QED) is 0.0255. The van der Waals surface area contributed by atoms with Crippen LogP contribution >= 0.6 is 11.8 Å². The highest BCUT2D eigenvalue weighted by molar-refractivity contribution is 8.00. The van der Waals surface area contributed by atoms with Gasteiger partial charge in [-0.1, -0.05) is 135 Å². The molecule has 8 atom stereocenters. The number of hydrogen-bond acceptors (Lipinski definition) is 12. The van der Waals surface area contributed by atoms with Crippen LogP contribution in [0.2, 0.25) is 0 Å². The molecule has 6 aromatic rings. The van der Waals surface area contributed by atoms with Crippen molar-refractivity contribution in [3.63, 3.8) is 0 Å². The first-order chi connectivity index (χ1) is 38.0. The lowest BCUT2D eigenvalue weighted by molar-refractivity contribution is -0.134. The molecule has 17 N–H and O–H groups in total. The smallest absolute Gasteiger partial charge is 0.247 e. The summed E-state index contributed by atoms with van der Waals surface area (Å²) in [6.45, 7) is 3.84. The summed E-state index contributed by atoms with van der Waals surface area (Å²) in [4.78, 5) is 102. The number of imidazole rings is 1. The summed E-state index contributed by atoms with van der Waals surface area (Å²) in [7, 11) is 0. The van der Waals surface area contributed by atoms with Crippen molar-refractivity contribution in [2.75, 3.05) is 13.2 Å². The second kappa shape index (κ2) is 28.0. The average Bonchev–Trinajstić information content (AvgIpc) is 4.24. The van der Waals surface area contributed by atoms with E-state index in [4.69, 9.17) is 33.4 Å². The summed E-state index contributed by atoms with van der Waals surface area (Å²) in [6.07, 6.45) is 7.18. The molecule has 0 bridgehead atoms. The largest absolute Gasteiger partial charge is 0.370 e. The third-order valence-corrected chi connectivity index (χ3v) is 14.9. The van der Waals surface area contributed by atoms with Gasteiger partial charge in [0.15, 0.2) is 5.96 Å². The van der Waals surface area contributed by atoms with E-state index in [2.05, 4.69) is 46.5 Å². The molecule has 0 spiro atoms. The molecular formula is C57H72N14O7S. The van der Waals surface area contributed by atoms with Crippen LogP contribution in [0.4, 0.5) is 0 Å². The topological polar surface area (TPSA) is 359 Å². The number of nitrogens with one attached hydrogen (secondary N) is 7. The van der Waals surface area contributed by atoms with Gasteiger partial charge in [0.2, 0.25) is 35.4 Å². The predicted molar refractivity (Wildman–Crippen MR) is 306 cm³/mol. The number of unbranched alkanes of at least 4 members (excludes halogenated alkanes) is 1. The van der Waals surface area contributed by atoms with Crippen LogP contribution in [0.3, 0.4) is 0 Å². The minimum Gasteiger partial charge on any atom is -0.370 e. The lowest BCUT2D eigenvalue weighted by Gasteiger charge is -2.32. The number of carbonyl (C=O) groups is 6. The average molecular weight is 1100 g/mol. The molecule has 0 fully saturated rings. The fourth-order valence-electron chi connectivity index (χ4n) is 9.28. The van der Waals surface area contributed by atoms with Crippen molar-refractivity contribution >= 4 is 80.9 Å². The van der Waals surface area contributed by atoms with Gasteiger partial charge in [-0.3, -0.25) is 33.8 Å². The number of aromatic nitrogens is 3. The molecule has 1 aliphatic rings. The van der Waals surface area contributed by atoms with Crippen molar-refractivity contribution in [3.05, 3.63) is 138 Å². The number of aliphatic imine (C=N–C) groups is 1. The second-order valence-corrected chi connectivity index (χ2v) is 21.7. The first kappa shape index (κ1) is 58.6. The zero-order valence-electron chi connectivity index (χ0n) is 44.4. The van der Waals surface area contributed by atoms with Gasteiger partial charge in [-0.05, 0) is 59.7 Å². The molecule has 418 valence electrons. The van der Waals surface area contributed by atoms with Gasteiger partial charge in [0.1, 0.15) is 36.4 Å². The number of nitrogens with two attached hydrogens (primary N) is 5. The molecule has 3 heterocycles. The highest BCUT2D eigenvalue weighted by Gasteiger charge is 2.37. The number of thioether (sulfide) groups is 1. The van der Waals surface area contributed by atoms with E-state index in [0.717, 1.165) is 23.6 Å². The van der Waals surface area contributed by atoms with Gasteiger partial charge in [-0.15, -0.1) is 0 Å². The molecule has 0 saturated heterocycles. The molecular weight excluding hydrogens is 1020 g/mol. The maximum Gasteiger partial charge on any atom is 0.247 e. The molecule has 21 nitrogen and oxygen atoms in total. The van der Waals surface area contributed by atoms with Gasteiger partial charge in [-0.2, -0.15) is 0 Å². The molecule has 7 rings (SSSR count). The van der Waals surface area contributed by atoms with E-state index in [-0.39, 0.29) is 57.6 Å². The number of hydrogen-bond donors (Lipinski definition) is 12. The zero-order valence-corrected chi connectivity index (χ0v) is 45.2. The van der Waals surface area contributed by atoms with Crippen LogP contribution < -0.4 is 55.3 Å². The Morgan fingerprint density at radius 3 is 2.24 bits per heavy atom. The van der Waals surface area contributed by atoms with Gasteiger partial charge in [0.05, 0.1) is 22.7 Å². The van der Waals surface area contributed by atoms with Gasteiger partial charge in [-0.25, -0.2) is 4.98 Å². The first-order valence-electron chi connectivity index (χ1n) is 26.4. The summed E-state index contributed by atoms with van der Waals surface area (Å²) in [6, 6.07) is 22.5. The maximum absolute atomic E-state index is 14.9. The molecule has 0 aliphatic carbocycles. The molecule has 4 aromatic carbocycles. The Morgan fingerprint density at radius 1 is 0.810 bits per heavy atom. The van der Waals surface area contributed by atoms with Crippen LogP contribution in [-0.4, -0.2) is 117 Å². The Balaban J connectivity index is 1.34. The van der Waals surface area contributed by atoms with Gasteiger partial charge < -0.3 is 70.0 Å². The van der Waals surface area contributed by atoms with Crippen molar-refractivity contribution in [2.24, 2.45) is 33.7 Å². The number of fused-ring (bicyclic) bond motifs is 4. The Morgan fingerprint density at radius 2 is 1.51 bits per heavy atom. The fourth-order valence-corrected chi connectivity index (χ4v) is 10.6. The summed E-state index contributed by atoms with van der Waals surface area (Å²) < 4.78 is 5.14. The molecule has 22 heteroatoms.